The highest BCUT2D eigenvalue weighted by atomic mass is 19.4. The van der Waals surface area contributed by atoms with E-state index in [1.807, 2.05) is 0 Å². The summed E-state index contributed by atoms with van der Waals surface area (Å²) in [6, 6.07) is 0. The third-order valence-electron chi connectivity index (χ3n) is 1.38. The first-order valence-electron chi connectivity index (χ1n) is 4.86. The van der Waals surface area contributed by atoms with Crippen LogP contribution in [0.15, 0.2) is 12.2 Å². The number of ether oxygens (including phenoxy) is 1. The van der Waals surface area contributed by atoms with E-state index in [0.717, 1.165) is 0 Å². The quantitative estimate of drug-likeness (QED) is 0.495. The fraction of sp³-hybridized carbons (Fsp3) is 0.700. The van der Waals surface area contributed by atoms with Gasteiger partial charge in [0.1, 0.15) is 0 Å². The maximum atomic E-state index is 11.4. The van der Waals surface area contributed by atoms with Crippen LogP contribution < -0.4 is 0 Å². The van der Waals surface area contributed by atoms with Crippen molar-refractivity contribution in [2.24, 2.45) is 0 Å². The highest BCUT2D eigenvalue weighted by molar-refractivity contribution is 5.87. The lowest BCUT2D eigenvalue weighted by molar-refractivity contribution is -0.352. The number of aliphatic hydroxyl groups is 1. The fourth-order valence-electron chi connectivity index (χ4n) is 0.438. The standard InChI is InChI=1S/C7H12O2.C3H2F6O/c1-5(2)7(8)9-6(3)4;4-1(5)2(6,10)3(7,8)9/h6H,1H2,2-4H3;1,10H. The first-order valence-corrected chi connectivity index (χ1v) is 4.86. The van der Waals surface area contributed by atoms with Crippen LogP contribution >= 0.6 is 0 Å². The topological polar surface area (TPSA) is 46.5 Å². The van der Waals surface area contributed by atoms with E-state index in [9.17, 15) is 31.1 Å². The van der Waals surface area contributed by atoms with Gasteiger partial charge in [-0.05, 0) is 20.8 Å². The molecule has 1 N–H and O–H groups in total. The fourth-order valence-corrected chi connectivity index (χ4v) is 0.438. The van der Waals surface area contributed by atoms with Gasteiger partial charge in [-0.25, -0.2) is 13.6 Å². The van der Waals surface area contributed by atoms with E-state index in [1.165, 1.54) is 0 Å². The number of rotatable bonds is 3. The first-order chi connectivity index (χ1) is 8.23. The van der Waals surface area contributed by atoms with Gasteiger partial charge in [0.2, 0.25) is 0 Å². The van der Waals surface area contributed by atoms with Gasteiger partial charge in [0, 0.05) is 5.57 Å². The normalized spacial score (nSPS) is 14.5. The minimum Gasteiger partial charge on any atom is -0.460 e. The lowest BCUT2D eigenvalue weighted by Crippen LogP contribution is -2.47. The number of esters is 1. The van der Waals surface area contributed by atoms with E-state index < -0.39 is 18.5 Å². The van der Waals surface area contributed by atoms with Crippen molar-refractivity contribution in [3.8, 4) is 0 Å². The second kappa shape index (κ2) is 7.37. The summed E-state index contributed by atoms with van der Waals surface area (Å²) in [5.74, 6) is -5.71. The Labute approximate surface area is 105 Å². The lowest BCUT2D eigenvalue weighted by atomic mass is 10.3. The molecule has 3 nitrogen and oxygen atoms in total. The molecule has 0 saturated heterocycles. The minimum atomic E-state index is -5.94. The minimum absolute atomic E-state index is 0.0470. The maximum Gasteiger partial charge on any atom is 0.454 e. The lowest BCUT2D eigenvalue weighted by Gasteiger charge is -2.20. The molecule has 19 heavy (non-hydrogen) atoms. The molecule has 0 spiro atoms. The van der Waals surface area contributed by atoms with E-state index in [1.54, 1.807) is 20.8 Å². The first kappa shape index (κ1) is 20.1. The molecule has 0 fully saturated rings. The zero-order chi connectivity index (χ0) is 16.0. The van der Waals surface area contributed by atoms with Crippen LogP contribution in [0.3, 0.4) is 0 Å². The Bertz CT molecular complexity index is 309. The van der Waals surface area contributed by atoms with E-state index >= 15 is 0 Å². The average Bonchev–Trinajstić information content (AvgIpc) is 2.15. The van der Waals surface area contributed by atoms with Crippen molar-refractivity contribution < 1.29 is 41.0 Å². The van der Waals surface area contributed by atoms with Crippen molar-refractivity contribution in [1.82, 2.24) is 0 Å². The van der Waals surface area contributed by atoms with E-state index in [2.05, 4.69) is 6.58 Å². The molecule has 1 unspecified atom stereocenters. The van der Waals surface area contributed by atoms with Gasteiger partial charge in [-0.2, -0.15) is 17.6 Å². The molecule has 0 aromatic heterocycles. The zero-order valence-corrected chi connectivity index (χ0v) is 10.4. The number of hydrogen-bond donors (Lipinski definition) is 1. The highest BCUT2D eigenvalue weighted by Gasteiger charge is 2.62. The van der Waals surface area contributed by atoms with Crippen LogP contribution in [0, 0.1) is 0 Å². The summed E-state index contributed by atoms with van der Waals surface area (Å²) in [6.45, 7) is 8.68. The van der Waals surface area contributed by atoms with Crippen LogP contribution in [0.25, 0.3) is 0 Å². The zero-order valence-electron chi connectivity index (χ0n) is 10.4. The molecule has 0 rings (SSSR count). The predicted molar refractivity (Wildman–Crippen MR) is 54.2 cm³/mol. The monoisotopic (exact) mass is 296 g/mol. The molecule has 0 heterocycles. The molecule has 0 aromatic carbocycles. The molecule has 0 aliphatic heterocycles. The molecule has 0 saturated carbocycles. The van der Waals surface area contributed by atoms with Gasteiger partial charge >= 0.3 is 24.4 Å². The summed E-state index contributed by atoms with van der Waals surface area (Å²) in [5, 5.41) is 7.39. The Morgan fingerprint density at radius 3 is 1.63 bits per heavy atom. The molecule has 0 aromatic rings. The van der Waals surface area contributed by atoms with Gasteiger partial charge in [-0.1, -0.05) is 6.58 Å². The Morgan fingerprint density at radius 1 is 1.21 bits per heavy atom. The highest BCUT2D eigenvalue weighted by Crippen LogP contribution is 2.36. The Kier molecular flexibility index (Phi) is 7.78. The third kappa shape index (κ3) is 7.70. The largest absolute Gasteiger partial charge is 0.460 e. The number of hydrogen-bond acceptors (Lipinski definition) is 3. The average molecular weight is 296 g/mol. The van der Waals surface area contributed by atoms with Crippen LogP contribution in [-0.2, 0) is 9.53 Å². The van der Waals surface area contributed by atoms with Crippen molar-refractivity contribution in [1.29, 1.82) is 0 Å². The molecule has 0 radical (unpaired) electrons. The van der Waals surface area contributed by atoms with Crippen molar-refractivity contribution >= 4 is 5.97 Å². The van der Waals surface area contributed by atoms with Gasteiger partial charge < -0.3 is 9.84 Å². The Balaban J connectivity index is 0. The van der Waals surface area contributed by atoms with E-state index in [-0.39, 0.29) is 12.1 Å². The summed E-state index contributed by atoms with van der Waals surface area (Å²) < 4.78 is 71.0. The molecule has 0 amide bonds. The number of halogens is 6. The Morgan fingerprint density at radius 2 is 1.58 bits per heavy atom. The number of alkyl halides is 6. The molecular weight excluding hydrogens is 282 g/mol. The van der Waals surface area contributed by atoms with Gasteiger partial charge in [0.05, 0.1) is 6.10 Å². The number of carbonyl (C=O) groups excluding carboxylic acids is 1. The summed E-state index contributed by atoms with van der Waals surface area (Å²) in [6.07, 6.45) is -10.5. The maximum absolute atomic E-state index is 11.4. The van der Waals surface area contributed by atoms with Crippen molar-refractivity contribution in [3.05, 3.63) is 12.2 Å². The summed E-state index contributed by atoms with van der Waals surface area (Å²) >= 11 is 0. The molecule has 0 aliphatic rings. The smallest absolute Gasteiger partial charge is 0.454 e. The second-order valence-electron chi connectivity index (χ2n) is 3.71. The molecule has 9 heteroatoms. The number of carbonyl (C=O) groups is 1. The molecule has 114 valence electrons. The van der Waals surface area contributed by atoms with Gasteiger partial charge in [0.25, 0.3) is 0 Å². The molecular formula is C10H14F6O3. The van der Waals surface area contributed by atoms with Gasteiger partial charge in [-0.3, -0.25) is 0 Å². The van der Waals surface area contributed by atoms with Crippen LogP contribution in [0.1, 0.15) is 20.8 Å². The van der Waals surface area contributed by atoms with Gasteiger partial charge in [-0.15, -0.1) is 0 Å². The third-order valence-corrected chi connectivity index (χ3v) is 1.38. The van der Waals surface area contributed by atoms with Crippen molar-refractivity contribution in [3.63, 3.8) is 0 Å². The molecule has 0 aliphatic carbocycles. The van der Waals surface area contributed by atoms with Crippen LogP contribution in [-0.4, -0.2) is 35.6 Å². The predicted octanol–water partition coefficient (Wildman–Crippen LogP) is 2.99. The van der Waals surface area contributed by atoms with Crippen LogP contribution in [0.2, 0.25) is 0 Å². The van der Waals surface area contributed by atoms with Crippen molar-refractivity contribution in [2.45, 2.75) is 45.3 Å². The van der Waals surface area contributed by atoms with Crippen LogP contribution in [0.4, 0.5) is 26.3 Å². The summed E-state index contributed by atoms with van der Waals surface area (Å²) in [5.41, 5.74) is 0.448. The molecule has 0 bridgehead atoms. The summed E-state index contributed by atoms with van der Waals surface area (Å²) in [4.78, 5) is 10.6. The van der Waals surface area contributed by atoms with Gasteiger partial charge in [0.15, 0.2) is 0 Å². The summed E-state index contributed by atoms with van der Waals surface area (Å²) in [7, 11) is 0. The van der Waals surface area contributed by atoms with Crippen LogP contribution in [0.5, 0.6) is 0 Å². The van der Waals surface area contributed by atoms with E-state index in [0.29, 0.717) is 5.57 Å². The van der Waals surface area contributed by atoms with Crippen molar-refractivity contribution in [2.75, 3.05) is 0 Å². The SMILES string of the molecule is C=C(C)C(=O)OC(C)C.OC(F)(C(F)F)C(F)(F)F. The Hall–Kier alpha value is -1.25. The molecule has 1 atom stereocenters. The second-order valence-corrected chi connectivity index (χ2v) is 3.71. The van der Waals surface area contributed by atoms with E-state index in [4.69, 9.17) is 9.84 Å².